The number of thiazole rings is 1. The van der Waals surface area contributed by atoms with Crippen LogP contribution in [0, 0.1) is 0 Å². The predicted molar refractivity (Wildman–Crippen MR) is 63.3 cm³/mol. The molecule has 0 fully saturated rings. The van der Waals surface area contributed by atoms with Gasteiger partial charge in [0, 0.05) is 0 Å². The van der Waals surface area contributed by atoms with Crippen molar-refractivity contribution in [3.05, 3.63) is 11.2 Å². The van der Waals surface area contributed by atoms with Gasteiger partial charge in [0.25, 0.3) is 0 Å². The number of hydrogen-bond acceptors (Lipinski definition) is 7. The summed E-state index contributed by atoms with van der Waals surface area (Å²) >= 11 is 1.07. The van der Waals surface area contributed by atoms with Gasteiger partial charge in [-0.25, -0.2) is 9.78 Å². The van der Waals surface area contributed by atoms with Crippen molar-refractivity contribution in [1.82, 2.24) is 4.98 Å². The van der Waals surface area contributed by atoms with Gasteiger partial charge < -0.3 is 14.8 Å². The first-order valence-electron chi connectivity index (χ1n) is 5.05. The van der Waals surface area contributed by atoms with E-state index in [1.54, 1.807) is 6.92 Å². The van der Waals surface area contributed by atoms with Gasteiger partial charge >= 0.3 is 11.9 Å². The second-order valence-corrected chi connectivity index (χ2v) is 3.91. The van der Waals surface area contributed by atoms with Gasteiger partial charge in [0.05, 0.1) is 19.2 Å². The van der Waals surface area contributed by atoms with Crippen LogP contribution in [0.25, 0.3) is 0 Å². The lowest BCUT2D eigenvalue weighted by Crippen LogP contribution is -2.18. The summed E-state index contributed by atoms with van der Waals surface area (Å²) in [5.41, 5.74) is 1.43. The number of esters is 2. The van der Waals surface area contributed by atoms with Gasteiger partial charge in [0.15, 0.2) is 5.69 Å². The largest absolute Gasteiger partial charge is 0.469 e. The van der Waals surface area contributed by atoms with Crippen LogP contribution in [0.3, 0.4) is 0 Å². The first-order chi connectivity index (χ1) is 8.58. The molecular weight excluding hydrogens is 260 g/mol. The van der Waals surface area contributed by atoms with Crippen molar-refractivity contribution in [3.63, 3.8) is 0 Å². The SMILES string of the molecule is CCOC(=O)c1ncsc1NC(=O)CC(=O)OC. The number of methoxy groups -OCH3 is 1. The topological polar surface area (TPSA) is 94.6 Å². The minimum Gasteiger partial charge on any atom is -0.469 e. The Morgan fingerprint density at radius 2 is 2.17 bits per heavy atom. The van der Waals surface area contributed by atoms with Gasteiger partial charge in [0.2, 0.25) is 5.91 Å². The highest BCUT2D eigenvalue weighted by molar-refractivity contribution is 7.14. The standard InChI is InChI=1S/C10H12N2O5S/c1-3-17-10(15)8-9(18-5-11-8)12-6(13)4-7(14)16-2/h5H,3-4H2,1-2H3,(H,12,13). The van der Waals surface area contributed by atoms with Crippen LogP contribution in [0.1, 0.15) is 23.8 Å². The Balaban J connectivity index is 2.68. The number of aromatic nitrogens is 1. The monoisotopic (exact) mass is 272 g/mol. The maximum Gasteiger partial charge on any atom is 0.360 e. The number of nitrogens with zero attached hydrogens (tertiary/aromatic N) is 1. The van der Waals surface area contributed by atoms with E-state index in [1.165, 1.54) is 12.6 Å². The summed E-state index contributed by atoms with van der Waals surface area (Å²) in [5.74, 6) is -1.85. The summed E-state index contributed by atoms with van der Waals surface area (Å²) in [6, 6.07) is 0. The molecule has 0 radical (unpaired) electrons. The fourth-order valence-electron chi connectivity index (χ4n) is 1.05. The number of nitrogens with one attached hydrogen (secondary N) is 1. The number of carbonyl (C=O) groups excluding carboxylic acids is 3. The number of anilines is 1. The normalized spacial score (nSPS) is 9.67. The van der Waals surface area contributed by atoms with E-state index in [2.05, 4.69) is 15.0 Å². The molecule has 1 rings (SSSR count). The predicted octanol–water partition coefficient (Wildman–Crippen LogP) is 0.821. The summed E-state index contributed by atoms with van der Waals surface area (Å²) in [7, 11) is 1.19. The number of rotatable bonds is 5. The van der Waals surface area contributed by atoms with Crippen molar-refractivity contribution < 1.29 is 23.9 Å². The highest BCUT2D eigenvalue weighted by Gasteiger charge is 2.19. The van der Waals surface area contributed by atoms with E-state index in [0.29, 0.717) is 0 Å². The molecule has 1 amide bonds. The Bertz CT molecular complexity index is 457. The van der Waals surface area contributed by atoms with Gasteiger partial charge in [-0.3, -0.25) is 9.59 Å². The lowest BCUT2D eigenvalue weighted by molar-refractivity contribution is -0.142. The zero-order valence-corrected chi connectivity index (χ0v) is 10.7. The molecule has 0 aliphatic rings. The van der Waals surface area contributed by atoms with Gasteiger partial charge in [-0.1, -0.05) is 0 Å². The molecule has 0 aromatic carbocycles. The fourth-order valence-corrected chi connectivity index (χ4v) is 1.74. The molecular formula is C10H12N2O5S. The van der Waals surface area contributed by atoms with Crippen LogP contribution in [0.4, 0.5) is 5.00 Å². The molecule has 7 nitrogen and oxygen atoms in total. The molecule has 98 valence electrons. The molecule has 0 atom stereocenters. The maximum atomic E-state index is 11.5. The van der Waals surface area contributed by atoms with Crippen LogP contribution in [0.2, 0.25) is 0 Å². The molecule has 0 unspecified atom stereocenters. The zero-order chi connectivity index (χ0) is 13.5. The van der Waals surface area contributed by atoms with Gasteiger partial charge in [-0.15, -0.1) is 11.3 Å². The van der Waals surface area contributed by atoms with Gasteiger partial charge in [-0.05, 0) is 6.92 Å². The second-order valence-electron chi connectivity index (χ2n) is 3.05. The number of amides is 1. The molecule has 1 N–H and O–H groups in total. The van der Waals surface area contributed by atoms with Crippen LogP contribution in [-0.2, 0) is 19.1 Å². The maximum absolute atomic E-state index is 11.5. The van der Waals surface area contributed by atoms with Crippen molar-refractivity contribution in [1.29, 1.82) is 0 Å². The van der Waals surface area contributed by atoms with Crippen molar-refractivity contribution in [2.45, 2.75) is 13.3 Å². The van der Waals surface area contributed by atoms with Crippen LogP contribution in [0.15, 0.2) is 5.51 Å². The number of hydrogen-bond donors (Lipinski definition) is 1. The molecule has 0 bridgehead atoms. The van der Waals surface area contributed by atoms with E-state index in [4.69, 9.17) is 4.74 Å². The number of carbonyl (C=O) groups is 3. The van der Waals surface area contributed by atoms with E-state index in [-0.39, 0.29) is 17.3 Å². The van der Waals surface area contributed by atoms with Crippen LogP contribution in [-0.4, -0.2) is 36.5 Å². The molecule has 8 heteroatoms. The Hall–Kier alpha value is -1.96. The Kier molecular flexibility index (Phi) is 5.25. The van der Waals surface area contributed by atoms with Crippen molar-refractivity contribution >= 4 is 34.2 Å². The van der Waals surface area contributed by atoms with Crippen LogP contribution < -0.4 is 5.32 Å². The Morgan fingerprint density at radius 1 is 1.44 bits per heavy atom. The minimum atomic E-state index is -0.658. The molecule has 0 aliphatic carbocycles. The molecule has 1 heterocycles. The molecule has 1 aromatic rings. The van der Waals surface area contributed by atoms with E-state index in [1.807, 2.05) is 0 Å². The molecule has 0 spiro atoms. The smallest absolute Gasteiger partial charge is 0.360 e. The first kappa shape index (κ1) is 14.1. The van der Waals surface area contributed by atoms with Crippen LogP contribution >= 0.6 is 11.3 Å². The minimum absolute atomic E-state index is 0.0278. The summed E-state index contributed by atoms with van der Waals surface area (Å²) in [6.07, 6.45) is -0.420. The van der Waals surface area contributed by atoms with E-state index >= 15 is 0 Å². The number of ether oxygens (including phenoxy) is 2. The lowest BCUT2D eigenvalue weighted by Gasteiger charge is -2.04. The first-order valence-corrected chi connectivity index (χ1v) is 5.93. The second kappa shape index (κ2) is 6.70. The lowest BCUT2D eigenvalue weighted by atomic mass is 10.4. The Morgan fingerprint density at radius 3 is 2.78 bits per heavy atom. The van der Waals surface area contributed by atoms with Gasteiger partial charge in [0.1, 0.15) is 11.4 Å². The van der Waals surface area contributed by atoms with E-state index in [9.17, 15) is 14.4 Å². The molecule has 0 saturated carbocycles. The third kappa shape index (κ3) is 3.81. The van der Waals surface area contributed by atoms with E-state index < -0.39 is 24.3 Å². The third-order valence-electron chi connectivity index (χ3n) is 1.82. The van der Waals surface area contributed by atoms with E-state index in [0.717, 1.165) is 11.3 Å². The molecule has 18 heavy (non-hydrogen) atoms. The summed E-state index contributed by atoms with van der Waals surface area (Å²) < 4.78 is 9.13. The quantitative estimate of drug-likeness (QED) is 0.630. The fraction of sp³-hybridized carbons (Fsp3) is 0.400. The average molecular weight is 272 g/mol. The molecule has 0 saturated heterocycles. The average Bonchev–Trinajstić information content (AvgIpc) is 2.77. The van der Waals surface area contributed by atoms with Crippen molar-refractivity contribution in [2.24, 2.45) is 0 Å². The Labute approximate surface area is 107 Å². The van der Waals surface area contributed by atoms with Crippen LogP contribution in [0.5, 0.6) is 0 Å². The molecule has 1 aromatic heterocycles. The van der Waals surface area contributed by atoms with Crippen molar-refractivity contribution in [3.8, 4) is 0 Å². The zero-order valence-electron chi connectivity index (χ0n) is 9.89. The highest BCUT2D eigenvalue weighted by atomic mass is 32.1. The molecule has 0 aliphatic heterocycles. The summed E-state index contributed by atoms with van der Waals surface area (Å²) in [4.78, 5) is 37.6. The summed E-state index contributed by atoms with van der Waals surface area (Å²) in [5, 5.41) is 2.66. The summed E-state index contributed by atoms with van der Waals surface area (Å²) in [6.45, 7) is 1.88. The third-order valence-corrected chi connectivity index (χ3v) is 2.56. The highest BCUT2D eigenvalue weighted by Crippen LogP contribution is 2.21. The van der Waals surface area contributed by atoms with Crippen molar-refractivity contribution in [2.75, 3.05) is 19.0 Å². The van der Waals surface area contributed by atoms with Gasteiger partial charge in [-0.2, -0.15) is 0 Å².